The van der Waals surface area contributed by atoms with E-state index in [0.717, 1.165) is 22.3 Å². The highest BCUT2D eigenvalue weighted by atomic mass is 16.3. The van der Waals surface area contributed by atoms with Crippen LogP contribution in [0.4, 0.5) is 0 Å². The molecule has 1 aliphatic rings. The SMILES string of the molecule is Cc1ccc(C2=NC(=O)c3c(-c4ccc(C)c(C)c4)[nH]c(O)c32)cc1C. The minimum Gasteiger partial charge on any atom is -0.494 e. The van der Waals surface area contributed by atoms with Gasteiger partial charge >= 0.3 is 0 Å². The zero-order chi connectivity index (χ0) is 18.6. The van der Waals surface area contributed by atoms with Gasteiger partial charge in [0.2, 0.25) is 0 Å². The van der Waals surface area contributed by atoms with Gasteiger partial charge in [-0.05, 0) is 67.6 Å². The van der Waals surface area contributed by atoms with E-state index in [9.17, 15) is 9.90 Å². The molecule has 0 aliphatic carbocycles. The maximum Gasteiger partial charge on any atom is 0.280 e. The number of aromatic nitrogens is 1. The van der Waals surface area contributed by atoms with Crippen LogP contribution in [0.3, 0.4) is 0 Å². The van der Waals surface area contributed by atoms with Gasteiger partial charge in [-0.2, -0.15) is 0 Å². The molecule has 0 fully saturated rings. The van der Waals surface area contributed by atoms with Crippen molar-refractivity contribution in [1.29, 1.82) is 0 Å². The molecular weight excluding hydrogens is 324 g/mol. The summed E-state index contributed by atoms with van der Waals surface area (Å²) in [5, 5.41) is 10.5. The summed E-state index contributed by atoms with van der Waals surface area (Å²) in [5.74, 6) is -0.339. The fourth-order valence-corrected chi connectivity index (χ4v) is 3.36. The first-order chi connectivity index (χ1) is 12.4. The lowest BCUT2D eigenvalue weighted by molar-refractivity contribution is 0.101. The summed E-state index contributed by atoms with van der Waals surface area (Å²) in [6.07, 6.45) is 0. The van der Waals surface area contributed by atoms with Crippen LogP contribution in [0.15, 0.2) is 41.4 Å². The third-order valence-electron chi connectivity index (χ3n) is 5.22. The molecule has 2 heterocycles. The van der Waals surface area contributed by atoms with E-state index in [1.54, 1.807) is 0 Å². The fraction of sp³-hybridized carbons (Fsp3) is 0.182. The molecule has 4 rings (SSSR count). The van der Waals surface area contributed by atoms with Gasteiger partial charge in [0.25, 0.3) is 5.91 Å². The van der Waals surface area contributed by atoms with Gasteiger partial charge in [-0.3, -0.25) is 4.79 Å². The van der Waals surface area contributed by atoms with Crippen molar-refractivity contribution in [3.05, 3.63) is 75.3 Å². The second-order valence-corrected chi connectivity index (χ2v) is 6.96. The van der Waals surface area contributed by atoms with Crippen LogP contribution in [-0.4, -0.2) is 21.7 Å². The number of fused-ring (bicyclic) bond motifs is 1. The molecule has 130 valence electrons. The summed E-state index contributed by atoms with van der Waals surface area (Å²) in [4.78, 5) is 19.9. The largest absolute Gasteiger partial charge is 0.494 e. The van der Waals surface area contributed by atoms with Crippen molar-refractivity contribution in [2.75, 3.05) is 0 Å². The second-order valence-electron chi connectivity index (χ2n) is 6.96. The maximum atomic E-state index is 12.6. The highest BCUT2D eigenvalue weighted by Crippen LogP contribution is 2.38. The van der Waals surface area contributed by atoms with Crippen molar-refractivity contribution in [2.24, 2.45) is 4.99 Å². The molecule has 1 aliphatic heterocycles. The van der Waals surface area contributed by atoms with Crippen LogP contribution < -0.4 is 0 Å². The van der Waals surface area contributed by atoms with Gasteiger partial charge in [0.05, 0.1) is 22.5 Å². The lowest BCUT2D eigenvalue weighted by Crippen LogP contribution is -2.01. The molecule has 1 amide bonds. The summed E-state index contributed by atoms with van der Waals surface area (Å²) in [6, 6.07) is 11.9. The van der Waals surface area contributed by atoms with Gasteiger partial charge in [0.1, 0.15) is 0 Å². The Bertz CT molecular complexity index is 1100. The van der Waals surface area contributed by atoms with Gasteiger partial charge < -0.3 is 10.1 Å². The van der Waals surface area contributed by atoms with Crippen molar-refractivity contribution in [3.8, 4) is 17.1 Å². The molecule has 0 bridgehead atoms. The first-order valence-corrected chi connectivity index (χ1v) is 8.60. The van der Waals surface area contributed by atoms with Crippen molar-refractivity contribution >= 4 is 11.6 Å². The molecule has 2 aromatic carbocycles. The van der Waals surface area contributed by atoms with Crippen LogP contribution in [0, 0.1) is 27.7 Å². The van der Waals surface area contributed by atoms with E-state index in [1.807, 2.05) is 64.1 Å². The maximum absolute atomic E-state index is 12.6. The number of nitrogens with zero attached hydrogens (tertiary/aromatic N) is 1. The Morgan fingerprint density at radius 2 is 1.38 bits per heavy atom. The zero-order valence-corrected chi connectivity index (χ0v) is 15.3. The smallest absolute Gasteiger partial charge is 0.280 e. The number of H-pyrrole nitrogens is 1. The molecule has 0 spiro atoms. The Hall–Kier alpha value is -3.14. The molecule has 0 saturated carbocycles. The summed E-state index contributed by atoms with van der Waals surface area (Å²) >= 11 is 0. The quantitative estimate of drug-likeness (QED) is 0.713. The van der Waals surface area contributed by atoms with Crippen LogP contribution >= 0.6 is 0 Å². The Morgan fingerprint density at radius 1 is 0.808 bits per heavy atom. The van der Waals surface area contributed by atoms with E-state index in [-0.39, 0.29) is 11.8 Å². The van der Waals surface area contributed by atoms with Crippen molar-refractivity contribution < 1.29 is 9.90 Å². The number of aromatic hydroxyl groups is 1. The van der Waals surface area contributed by atoms with Crippen LogP contribution in [0.5, 0.6) is 5.88 Å². The number of hydrogen-bond donors (Lipinski definition) is 2. The molecule has 4 heteroatoms. The minimum absolute atomic E-state index is 0.0175. The Balaban J connectivity index is 1.88. The van der Waals surface area contributed by atoms with E-state index < -0.39 is 0 Å². The molecule has 1 aromatic heterocycles. The van der Waals surface area contributed by atoms with Crippen LogP contribution in [0.2, 0.25) is 0 Å². The summed E-state index contributed by atoms with van der Waals surface area (Å²) < 4.78 is 0. The standard InChI is InChI=1S/C22H20N2O2/c1-11-5-7-15(9-13(11)3)19-17-18(22(26)23-19)20(24-21(17)25)16-8-6-12(2)14(4)10-16/h5-10,23,26H,1-4H3. The van der Waals surface area contributed by atoms with E-state index in [2.05, 4.69) is 9.98 Å². The number of rotatable bonds is 2. The van der Waals surface area contributed by atoms with Crippen molar-refractivity contribution in [1.82, 2.24) is 4.98 Å². The number of aliphatic imine (C=N–C) groups is 1. The van der Waals surface area contributed by atoms with Crippen LogP contribution in [0.25, 0.3) is 11.3 Å². The molecule has 2 N–H and O–H groups in total. The van der Waals surface area contributed by atoms with Gasteiger partial charge in [-0.15, -0.1) is 0 Å². The first kappa shape index (κ1) is 16.3. The topological polar surface area (TPSA) is 65.5 Å². The Labute approximate surface area is 152 Å². The number of aryl methyl sites for hydroxylation is 4. The second kappa shape index (κ2) is 5.70. The van der Waals surface area contributed by atoms with Crippen LogP contribution in [0.1, 0.15) is 43.7 Å². The molecule has 0 saturated heterocycles. The van der Waals surface area contributed by atoms with Crippen molar-refractivity contribution in [3.63, 3.8) is 0 Å². The number of hydrogen-bond acceptors (Lipinski definition) is 2. The third kappa shape index (κ3) is 2.37. The number of benzene rings is 2. The summed E-state index contributed by atoms with van der Waals surface area (Å²) in [7, 11) is 0. The monoisotopic (exact) mass is 344 g/mol. The minimum atomic E-state index is -0.321. The lowest BCUT2D eigenvalue weighted by atomic mass is 9.97. The van der Waals surface area contributed by atoms with Crippen molar-refractivity contribution in [2.45, 2.75) is 27.7 Å². The Kier molecular flexibility index (Phi) is 3.58. The normalized spacial score (nSPS) is 13.1. The number of carbonyl (C=O) groups excluding carboxylic acids is 1. The molecule has 26 heavy (non-hydrogen) atoms. The molecule has 0 atom stereocenters. The van der Waals surface area contributed by atoms with Gasteiger partial charge in [0.15, 0.2) is 5.88 Å². The van der Waals surface area contributed by atoms with Gasteiger partial charge in [0, 0.05) is 5.56 Å². The lowest BCUT2D eigenvalue weighted by Gasteiger charge is -2.05. The predicted octanol–water partition coefficient (Wildman–Crippen LogP) is 4.61. The molecule has 0 unspecified atom stereocenters. The van der Waals surface area contributed by atoms with E-state index in [1.165, 1.54) is 11.1 Å². The first-order valence-electron chi connectivity index (χ1n) is 8.60. The van der Waals surface area contributed by atoms with E-state index in [0.29, 0.717) is 22.5 Å². The third-order valence-corrected chi connectivity index (χ3v) is 5.22. The number of nitrogens with one attached hydrogen (secondary N) is 1. The van der Waals surface area contributed by atoms with Gasteiger partial charge in [-0.25, -0.2) is 4.99 Å². The molecule has 0 radical (unpaired) electrons. The van der Waals surface area contributed by atoms with Gasteiger partial charge in [-0.1, -0.05) is 24.3 Å². The molecular formula is C22H20N2O2. The number of carbonyl (C=O) groups is 1. The zero-order valence-electron chi connectivity index (χ0n) is 15.3. The summed E-state index contributed by atoms with van der Waals surface area (Å²) in [6.45, 7) is 8.13. The van der Waals surface area contributed by atoms with E-state index >= 15 is 0 Å². The van der Waals surface area contributed by atoms with E-state index in [4.69, 9.17) is 0 Å². The highest BCUT2D eigenvalue weighted by molar-refractivity contribution is 6.30. The number of amides is 1. The highest BCUT2D eigenvalue weighted by Gasteiger charge is 2.33. The average molecular weight is 344 g/mol. The molecule has 4 nitrogen and oxygen atoms in total. The predicted molar refractivity (Wildman–Crippen MR) is 103 cm³/mol. The number of aromatic amines is 1. The fourth-order valence-electron chi connectivity index (χ4n) is 3.36. The Morgan fingerprint density at radius 3 is 2.00 bits per heavy atom. The average Bonchev–Trinajstić information content (AvgIpc) is 3.12. The van der Waals surface area contributed by atoms with Crippen LogP contribution in [-0.2, 0) is 0 Å². The molecule has 3 aromatic rings. The summed E-state index contributed by atoms with van der Waals surface area (Å²) in [5.41, 5.74) is 8.39.